The van der Waals surface area contributed by atoms with E-state index in [2.05, 4.69) is 10.6 Å². The second-order valence-corrected chi connectivity index (χ2v) is 6.92. The van der Waals surface area contributed by atoms with Crippen LogP contribution in [0, 0.1) is 13.8 Å². The van der Waals surface area contributed by atoms with Gasteiger partial charge in [-0.3, -0.25) is 4.79 Å². The molecule has 0 spiro atoms. The fourth-order valence-electron chi connectivity index (χ4n) is 2.71. The van der Waals surface area contributed by atoms with Gasteiger partial charge < -0.3 is 15.7 Å². The number of hydrogen-bond donors (Lipinski definition) is 3. The number of hydrogen-bond acceptors (Lipinski definition) is 3. The molecule has 2 aromatic rings. The van der Waals surface area contributed by atoms with Crippen molar-refractivity contribution >= 4 is 11.6 Å². The van der Waals surface area contributed by atoms with E-state index in [1.807, 2.05) is 69.3 Å². The number of aryl methyl sites for hydroxylation is 1. The molecular weight excluding hydrogens is 312 g/mol. The predicted octanol–water partition coefficient (Wildman–Crippen LogP) is 3.52. The lowest BCUT2D eigenvalue weighted by Gasteiger charge is -2.26. The van der Waals surface area contributed by atoms with Crippen LogP contribution in [0.5, 0.6) is 0 Å². The maximum Gasteiger partial charge on any atom is 0.225 e. The molecule has 2 aromatic carbocycles. The first kappa shape index (κ1) is 19.2. The number of aliphatic hydroxyl groups is 1. The maximum absolute atomic E-state index is 12.3. The molecular formula is C21H28N2O2. The topological polar surface area (TPSA) is 61.4 Å². The largest absolute Gasteiger partial charge is 0.384 e. The number of carbonyl (C=O) groups excluding carboxylic acids is 1. The molecule has 3 N–H and O–H groups in total. The van der Waals surface area contributed by atoms with E-state index in [0.717, 1.165) is 22.4 Å². The Morgan fingerprint density at radius 2 is 1.80 bits per heavy atom. The molecule has 2 rings (SSSR count). The second kappa shape index (κ2) is 8.28. The molecule has 4 heteroatoms. The van der Waals surface area contributed by atoms with Gasteiger partial charge in [-0.15, -0.1) is 0 Å². The lowest BCUT2D eigenvalue weighted by atomic mass is 9.95. The third-order valence-corrected chi connectivity index (χ3v) is 4.56. The van der Waals surface area contributed by atoms with Crippen LogP contribution >= 0.6 is 0 Å². The van der Waals surface area contributed by atoms with E-state index in [4.69, 9.17) is 0 Å². The van der Waals surface area contributed by atoms with Crippen molar-refractivity contribution in [1.82, 2.24) is 5.32 Å². The van der Waals surface area contributed by atoms with Gasteiger partial charge in [-0.05, 0) is 50.5 Å². The van der Waals surface area contributed by atoms with Crippen molar-refractivity contribution < 1.29 is 9.90 Å². The fraction of sp³-hybridized carbons (Fsp3) is 0.381. The fourth-order valence-corrected chi connectivity index (χ4v) is 2.71. The highest BCUT2D eigenvalue weighted by Crippen LogP contribution is 2.20. The Labute approximate surface area is 150 Å². The van der Waals surface area contributed by atoms with Crippen molar-refractivity contribution in [3.8, 4) is 0 Å². The van der Waals surface area contributed by atoms with Crippen molar-refractivity contribution in [3.63, 3.8) is 0 Å². The van der Waals surface area contributed by atoms with E-state index < -0.39 is 5.60 Å². The molecule has 25 heavy (non-hydrogen) atoms. The summed E-state index contributed by atoms with van der Waals surface area (Å²) in [6.45, 7) is 8.14. The van der Waals surface area contributed by atoms with Crippen LogP contribution < -0.4 is 10.6 Å². The zero-order chi connectivity index (χ0) is 18.4. The number of benzene rings is 2. The van der Waals surface area contributed by atoms with Crippen LogP contribution in [0.1, 0.15) is 37.0 Å². The number of anilines is 1. The smallest absolute Gasteiger partial charge is 0.225 e. The van der Waals surface area contributed by atoms with E-state index in [9.17, 15) is 9.90 Å². The number of carbonyl (C=O) groups is 1. The van der Waals surface area contributed by atoms with E-state index >= 15 is 0 Å². The van der Waals surface area contributed by atoms with Gasteiger partial charge >= 0.3 is 0 Å². The maximum atomic E-state index is 12.3. The standard InChI is InChI=1S/C21H28N2O2/c1-15-9-8-12-19(17(15)3)23-20(24)13-16(2)22-14-21(4,25)18-10-6-5-7-11-18/h5-12,16,22,25H,13-14H2,1-4H3,(H,23,24). The van der Waals surface area contributed by atoms with Crippen LogP contribution in [0.25, 0.3) is 0 Å². The van der Waals surface area contributed by atoms with Crippen LogP contribution in [0.4, 0.5) is 5.69 Å². The van der Waals surface area contributed by atoms with E-state index in [1.54, 1.807) is 6.92 Å². The van der Waals surface area contributed by atoms with Gasteiger partial charge in [0.2, 0.25) is 5.91 Å². The normalized spacial score (nSPS) is 14.6. The van der Waals surface area contributed by atoms with Gasteiger partial charge in [0.1, 0.15) is 0 Å². The van der Waals surface area contributed by atoms with Crippen molar-refractivity contribution in [3.05, 3.63) is 65.2 Å². The Kier molecular flexibility index (Phi) is 6.34. The number of nitrogens with one attached hydrogen (secondary N) is 2. The van der Waals surface area contributed by atoms with Crippen molar-refractivity contribution in [1.29, 1.82) is 0 Å². The lowest BCUT2D eigenvalue weighted by molar-refractivity contribution is -0.116. The van der Waals surface area contributed by atoms with Crippen LogP contribution in [-0.4, -0.2) is 23.6 Å². The van der Waals surface area contributed by atoms with Gasteiger partial charge in [-0.25, -0.2) is 0 Å². The molecule has 0 aliphatic rings. The van der Waals surface area contributed by atoms with E-state index in [1.165, 1.54) is 0 Å². The lowest BCUT2D eigenvalue weighted by Crippen LogP contribution is -2.41. The number of amides is 1. The van der Waals surface area contributed by atoms with E-state index in [0.29, 0.717) is 13.0 Å². The van der Waals surface area contributed by atoms with Crippen LogP contribution in [0.2, 0.25) is 0 Å². The molecule has 2 atom stereocenters. The molecule has 0 aliphatic heterocycles. The summed E-state index contributed by atoms with van der Waals surface area (Å²) in [6, 6.07) is 15.4. The van der Waals surface area contributed by atoms with Gasteiger partial charge in [0, 0.05) is 24.7 Å². The quantitative estimate of drug-likeness (QED) is 0.723. The molecule has 0 aliphatic carbocycles. The summed E-state index contributed by atoms with van der Waals surface area (Å²) in [7, 11) is 0. The highest BCUT2D eigenvalue weighted by Gasteiger charge is 2.23. The van der Waals surface area contributed by atoms with Crippen LogP contribution in [-0.2, 0) is 10.4 Å². The minimum atomic E-state index is -0.973. The molecule has 2 unspecified atom stereocenters. The molecule has 134 valence electrons. The molecule has 0 saturated carbocycles. The first-order chi connectivity index (χ1) is 11.8. The Morgan fingerprint density at radius 1 is 1.12 bits per heavy atom. The third kappa shape index (κ3) is 5.41. The van der Waals surface area contributed by atoms with Gasteiger partial charge in [0.25, 0.3) is 0 Å². The first-order valence-electron chi connectivity index (χ1n) is 8.67. The molecule has 0 fully saturated rings. The summed E-state index contributed by atoms with van der Waals surface area (Å²) in [6.07, 6.45) is 0.345. The van der Waals surface area contributed by atoms with Gasteiger partial charge in [-0.1, -0.05) is 42.5 Å². The zero-order valence-electron chi connectivity index (χ0n) is 15.5. The van der Waals surface area contributed by atoms with Crippen molar-refractivity contribution in [2.45, 2.75) is 45.8 Å². The predicted molar refractivity (Wildman–Crippen MR) is 103 cm³/mol. The van der Waals surface area contributed by atoms with Crippen molar-refractivity contribution in [2.24, 2.45) is 0 Å². The van der Waals surface area contributed by atoms with Gasteiger partial charge in [0.05, 0.1) is 5.60 Å². The Morgan fingerprint density at radius 3 is 2.48 bits per heavy atom. The molecule has 4 nitrogen and oxygen atoms in total. The average Bonchev–Trinajstić information content (AvgIpc) is 2.58. The SMILES string of the molecule is Cc1cccc(NC(=O)CC(C)NCC(C)(O)c2ccccc2)c1C. The third-order valence-electron chi connectivity index (χ3n) is 4.56. The minimum Gasteiger partial charge on any atom is -0.384 e. The van der Waals surface area contributed by atoms with Crippen LogP contribution in [0.15, 0.2) is 48.5 Å². The summed E-state index contributed by atoms with van der Waals surface area (Å²) in [5.74, 6) is -0.0342. The molecule has 0 aromatic heterocycles. The summed E-state index contributed by atoms with van der Waals surface area (Å²) >= 11 is 0. The Balaban J connectivity index is 1.86. The Hall–Kier alpha value is -2.17. The molecule has 0 saturated heterocycles. The molecule has 0 heterocycles. The van der Waals surface area contributed by atoms with Gasteiger partial charge in [0.15, 0.2) is 0 Å². The zero-order valence-corrected chi connectivity index (χ0v) is 15.5. The number of rotatable bonds is 7. The molecule has 0 radical (unpaired) electrons. The van der Waals surface area contributed by atoms with Gasteiger partial charge in [-0.2, -0.15) is 0 Å². The second-order valence-electron chi connectivity index (χ2n) is 6.92. The highest BCUT2D eigenvalue weighted by molar-refractivity contribution is 5.92. The Bertz CT molecular complexity index is 711. The van der Waals surface area contributed by atoms with Crippen LogP contribution in [0.3, 0.4) is 0 Å². The van der Waals surface area contributed by atoms with E-state index in [-0.39, 0.29) is 11.9 Å². The highest BCUT2D eigenvalue weighted by atomic mass is 16.3. The molecule has 1 amide bonds. The van der Waals surface area contributed by atoms with Crippen molar-refractivity contribution in [2.75, 3.05) is 11.9 Å². The summed E-state index contributed by atoms with van der Waals surface area (Å²) in [4.78, 5) is 12.3. The molecule has 0 bridgehead atoms. The summed E-state index contributed by atoms with van der Waals surface area (Å²) in [5, 5.41) is 16.8. The summed E-state index contributed by atoms with van der Waals surface area (Å²) < 4.78 is 0. The monoisotopic (exact) mass is 340 g/mol. The summed E-state index contributed by atoms with van der Waals surface area (Å²) in [5.41, 5.74) is 2.98. The average molecular weight is 340 g/mol. The minimum absolute atomic E-state index is 0.0342. The first-order valence-corrected chi connectivity index (χ1v) is 8.67.